The van der Waals surface area contributed by atoms with Gasteiger partial charge in [0.1, 0.15) is 12.4 Å². The molecule has 0 aromatic heterocycles. The summed E-state index contributed by atoms with van der Waals surface area (Å²) >= 11 is 0. The molecular formula is C21H24N2O3. The van der Waals surface area contributed by atoms with Crippen LogP contribution >= 0.6 is 0 Å². The Hall–Kier alpha value is -2.79. The number of hydrogen-bond acceptors (Lipinski definition) is 3. The normalized spacial score (nSPS) is 13.9. The first-order chi connectivity index (χ1) is 12.7. The van der Waals surface area contributed by atoms with Crippen LogP contribution in [0.15, 0.2) is 60.2 Å². The molecule has 136 valence electrons. The zero-order chi connectivity index (χ0) is 18.2. The number of hydrogen-bond donors (Lipinski definition) is 3. The van der Waals surface area contributed by atoms with Gasteiger partial charge in [0.2, 0.25) is 0 Å². The summed E-state index contributed by atoms with van der Waals surface area (Å²) in [6.07, 6.45) is 1.04. The summed E-state index contributed by atoms with van der Waals surface area (Å²) in [6, 6.07) is 18.5. The van der Waals surface area contributed by atoms with Gasteiger partial charge in [-0.2, -0.15) is 0 Å². The first-order valence-electron chi connectivity index (χ1n) is 8.92. The van der Waals surface area contributed by atoms with Crippen LogP contribution in [-0.4, -0.2) is 37.4 Å². The van der Waals surface area contributed by atoms with E-state index >= 15 is 0 Å². The molecule has 0 radical (unpaired) electrons. The molecule has 0 aliphatic carbocycles. The summed E-state index contributed by atoms with van der Waals surface area (Å²) < 4.78 is 5.71. The maximum absolute atomic E-state index is 10.5. The average Bonchev–Trinajstić information content (AvgIpc) is 2.67. The molecule has 0 saturated carbocycles. The molecule has 5 nitrogen and oxygen atoms in total. The van der Waals surface area contributed by atoms with Gasteiger partial charge in [-0.15, -0.1) is 0 Å². The van der Waals surface area contributed by atoms with Crippen LogP contribution in [0.4, 0.5) is 4.79 Å². The van der Waals surface area contributed by atoms with Crippen LogP contribution in [0.5, 0.6) is 5.75 Å². The van der Waals surface area contributed by atoms with Crippen LogP contribution in [0.25, 0.3) is 5.57 Å². The third kappa shape index (κ3) is 4.86. The molecule has 1 aliphatic heterocycles. The zero-order valence-electron chi connectivity index (χ0n) is 14.7. The fraction of sp³-hybridized carbons (Fsp3) is 0.286. The Morgan fingerprint density at radius 2 is 1.77 bits per heavy atom. The summed E-state index contributed by atoms with van der Waals surface area (Å²) in [4.78, 5) is 10.5. The molecule has 3 rings (SSSR count). The van der Waals surface area contributed by atoms with E-state index in [1.165, 1.54) is 16.7 Å². The van der Waals surface area contributed by atoms with Crippen LogP contribution in [0, 0.1) is 0 Å². The second kappa shape index (κ2) is 9.06. The van der Waals surface area contributed by atoms with Crippen molar-refractivity contribution in [2.75, 3.05) is 26.2 Å². The molecule has 2 aromatic rings. The lowest BCUT2D eigenvalue weighted by molar-refractivity contribution is 0.191. The molecular weight excluding hydrogens is 328 g/mol. The van der Waals surface area contributed by atoms with Crippen LogP contribution in [0.2, 0.25) is 0 Å². The smallest absolute Gasteiger partial charge is 0.404 e. The van der Waals surface area contributed by atoms with Crippen molar-refractivity contribution < 1.29 is 14.6 Å². The maximum atomic E-state index is 10.5. The highest BCUT2D eigenvalue weighted by Crippen LogP contribution is 2.32. The molecule has 1 saturated heterocycles. The second-order valence-electron chi connectivity index (χ2n) is 6.20. The van der Waals surface area contributed by atoms with Crippen molar-refractivity contribution in [3.05, 3.63) is 71.3 Å². The van der Waals surface area contributed by atoms with E-state index in [1.54, 1.807) is 0 Å². The third-order valence-corrected chi connectivity index (χ3v) is 4.39. The highest BCUT2D eigenvalue weighted by Gasteiger charge is 2.15. The average molecular weight is 352 g/mol. The van der Waals surface area contributed by atoms with Gasteiger partial charge in [-0.3, -0.25) is 0 Å². The monoisotopic (exact) mass is 352 g/mol. The first-order valence-corrected chi connectivity index (χ1v) is 8.92. The quantitative estimate of drug-likeness (QED) is 0.696. The standard InChI is InChI=1S/C21H24N2O3/c24-21(25)23-13-14-26-19-8-4-7-18(15-19)20(16-5-2-1-3-6-16)17-9-11-22-12-10-17/h1-8,15,22-23H,9-14H2,(H,24,25). The van der Waals surface area contributed by atoms with Gasteiger partial charge in [-0.05, 0) is 54.8 Å². The van der Waals surface area contributed by atoms with Crippen LogP contribution in [0.1, 0.15) is 24.0 Å². The number of carbonyl (C=O) groups is 1. The van der Waals surface area contributed by atoms with Crippen molar-refractivity contribution in [3.63, 3.8) is 0 Å². The Kier molecular flexibility index (Phi) is 6.28. The third-order valence-electron chi connectivity index (χ3n) is 4.39. The van der Waals surface area contributed by atoms with Gasteiger partial charge in [-0.1, -0.05) is 48.0 Å². The SMILES string of the molecule is O=C(O)NCCOc1cccc(C(=C2CCNCC2)c2ccccc2)c1. The van der Waals surface area contributed by atoms with Crippen molar-refractivity contribution in [2.24, 2.45) is 0 Å². The number of carboxylic acid groups (broad SMARTS) is 1. The van der Waals surface area contributed by atoms with E-state index < -0.39 is 6.09 Å². The second-order valence-corrected chi connectivity index (χ2v) is 6.20. The van der Waals surface area contributed by atoms with Gasteiger partial charge in [0, 0.05) is 0 Å². The van der Waals surface area contributed by atoms with Crippen LogP contribution in [-0.2, 0) is 0 Å². The predicted molar refractivity (Wildman–Crippen MR) is 103 cm³/mol. The van der Waals surface area contributed by atoms with Crippen molar-refractivity contribution in [1.29, 1.82) is 0 Å². The minimum Gasteiger partial charge on any atom is -0.492 e. The molecule has 1 amide bonds. The van der Waals surface area contributed by atoms with Gasteiger partial charge in [0.05, 0.1) is 6.54 Å². The number of rotatable bonds is 6. The number of nitrogens with one attached hydrogen (secondary N) is 2. The summed E-state index contributed by atoms with van der Waals surface area (Å²) in [7, 11) is 0. The molecule has 0 unspecified atom stereocenters. The fourth-order valence-electron chi connectivity index (χ4n) is 3.23. The van der Waals surface area contributed by atoms with Crippen molar-refractivity contribution in [1.82, 2.24) is 10.6 Å². The lowest BCUT2D eigenvalue weighted by atomic mass is 9.89. The van der Waals surface area contributed by atoms with E-state index in [4.69, 9.17) is 9.84 Å². The number of piperidine rings is 1. The minimum absolute atomic E-state index is 0.262. The molecule has 5 heteroatoms. The van der Waals surface area contributed by atoms with Gasteiger partial charge >= 0.3 is 6.09 Å². The topological polar surface area (TPSA) is 70.6 Å². The van der Waals surface area contributed by atoms with Crippen molar-refractivity contribution >= 4 is 11.7 Å². The van der Waals surface area contributed by atoms with Gasteiger partial charge in [0.25, 0.3) is 0 Å². The van der Waals surface area contributed by atoms with E-state index in [2.05, 4.69) is 41.0 Å². The molecule has 1 aliphatic rings. The zero-order valence-corrected chi connectivity index (χ0v) is 14.7. The highest BCUT2D eigenvalue weighted by atomic mass is 16.5. The Morgan fingerprint density at radius 3 is 2.50 bits per heavy atom. The molecule has 2 aromatic carbocycles. The Bertz CT molecular complexity index is 764. The van der Waals surface area contributed by atoms with E-state index in [0.717, 1.165) is 37.2 Å². The van der Waals surface area contributed by atoms with Crippen molar-refractivity contribution in [3.8, 4) is 5.75 Å². The molecule has 26 heavy (non-hydrogen) atoms. The largest absolute Gasteiger partial charge is 0.492 e. The van der Waals surface area contributed by atoms with Crippen molar-refractivity contribution in [2.45, 2.75) is 12.8 Å². The molecule has 3 N–H and O–H groups in total. The summed E-state index contributed by atoms with van der Waals surface area (Å²) in [6.45, 7) is 2.57. The lowest BCUT2D eigenvalue weighted by Gasteiger charge is -2.21. The summed E-state index contributed by atoms with van der Waals surface area (Å²) in [5.41, 5.74) is 5.09. The summed E-state index contributed by atoms with van der Waals surface area (Å²) in [5, 5.41) is 14.3. The van der Waals surface area contributed by atoms with Crippen LogP contribution in [0.3, 0.4) is 0 Å². The van der Waals surface area contributed by atoms with E-state index in [9.17, 15) is 4.79 Å². The molecule has 1 heterocycles. The van der Waals surface area contributed by atoms with Gasteiger partial charge in [-0.25, -0.2) is 4.79 Å². The fourth-order valence-corrected chi connectivity index (χ4v) is 3.23. The summed E-state index contributed by atoms with van der Waals surface area (Å²) in [5.74, 6) is 0.748. The van der Waals surface area contributed by atoms with E-state index in [0.29, 0.717) is 6.61 Å². The number of benzene rings is 2. The first kappa shape index (κ1) is 18.0. The van der Waals surface area contributed by atoms with Gasteiger partial charge in [0.15, 0.2) is 0 Å². The minimum atomic E-state index is -1.04. The molecule has 0 atom stereocenters. The molecule has 0 bridgehead atoms. The van der Waals surface area contributed by atoms with Gasteiger partial charge < -0.3 is 20.5 Å². The lowest BCUT2D eigenvalue weighted by Crippen LogP contribution is -2.26. The predicted octanol–water partition coefficient (Wildman–Crippen LogP) is 3.52. The van der Waals surface area contributed by atoms with Crippen LogP contribution < -0.4 is 15.4 Å². The maximum Gasteiger partial charge on any atom is 0.404 e. The number of ether oxygens (including phenoxy) is 1. The Balaban J connectivity index is 1.85. The number of amides is 1. The van der Waals surface area contributed by atoms with E-state index in [-0.39, 0.29) is 6.54 Å². The molecule has 0 spiro atoms. The molecule has 1 fully saturated rings. The Morgan fingerprint density at radius 1 is 1.04 bits per heavy atom. The van der Waals surface area contributed by atoms with E-state index in [1.807, 2.05) is 24.3 Å². The Labute approximate surface area is 153 Å². The highest BCUT2D eigenvalue weighted by molar-refractivity contribution is 5.82.